The summed E-state index contributed by atoms with van der Waals surface area (Å²) < 4.78 is 10.8. The van der Waals surface area contributed by atoms with Crippen molar-refractivity contribution in [3.8, 4) is 5.75 Å². The fourth-order valence-corrected chi connectivity index (χ4v) is 4.51. The molecule has 1 N–H and O–H groups in total. The van der Waals surface area contributed by atoms with E-state index >= 15 is 0 Å². The van der Waals surface area contributed by atoms with Crippen molar-refractivity contribution in [3.05, 3.63) is 52.9 Å². The summed E-state index contributed by atoms with van der Waals surface area (Å²) in [5.74, 6) is 1.42. The van der Waals surface area contributed by atoms with Gasteiger partial charge in [0, 0.05) is 23.1 Å². The Hall–Kier alpha value is -1.98. The molecule has 2 aliphatic heterocycles. The van der Waals surface area contributed by atoms with Crippen LogP contribution in [0.2, 0.25) is 5.02 Å². The maximum absolute atomic E-state index is 12.7. The van der Waals surface area contributed by atoms with Gasteiger partial charge in [-0.2, -0.15) is 0 Å². The van der Waals surface area contributed by atoms with Gasteiger partial charge in [0.15, 0.2) is 0 Å². The Kier molecular flexibility index (Phi) is 4.92. The fraction of sp³-hybridized carbons (Fsp3) is 0.450. The number of carbonyl (C=O) groups excluding carboxylic acids is 1. The number of amides is 1. The van der Waals surface area contributed by atoms with Crippen LogP contribution in [0.5, 0.6) is 5.75 Å². The van der Waals surface area contributed by atoms with Crippen LogP contribution in [0.1, 0.15) is 41.8 Å². The molecule has 2 aromatic rings. The zero-order chi connectivity index (χ0) is 18.1. The number of ether oxygens (including phenoxy) is 1. The Morgan fingerprint density at radius 1 is 1.31 bits per heavy atom. The summed E-state index contributed by atoms with van der Waals surface area (Å²) in [6.07, 6.45) is 6.03. The summed E-state index contributed by atoms with van der Waals surface area (Å²) in [7, 11) is 1.55. The molecule has 0 spiro atoms. The Morgan fingerprint density at radius 3 is 2.73 bits per heavy atom. The van der Waals surface area contributed by atoms with E-state index < -0.39 is 0 Å². The van der Waals surface area contributed by atoms with Crippen LogP contribution in [0.15, 0.2) is 41.0 Å². The fourth-order valence-electron chi connectivity index (χ4n) is 4.35. The predicted molar refractivity (Wildman–Crippen MR) is 99.6 cm³/mol. The predicted octanol–water partition coefficient (Wildman–Crippen LogP) is 3.87. The zero-order valence-electron chi connectivity index (χ0n) is 14.8. The van der Waals surface area contributed by atoms with Crippen LogP contribution < -0.4 is 10.1 Å². The lowest BCUT2D eigenvalue weighted by atomic mass is 9.96. The average Bonchev–Trinajstić information content (AvgIpc) is 3.21. The van der Waals surface area contributed by atoms with Crippen LogP contribution in [0.4, 0.5) is 0 Å². The van der Waals surface area contributed by atoms with E-state index in [4.69, 9.17) is 20.8 Å². The third-order valence-corrected chi connectivity index (χ3v) is 5.78. The van der Waals surface area contributed by atoms with E-state index in [-0.39, 0.29) is 11.9 Å². The minimum atomic E-state index is -0.0950. The molecule has 1 amide bonds. The second-order valence-corrected chi connectivity index (χ2v) is 7.56. The number of benzene rings is 1. The summed E-state index contributed by atoms with van der Waals surface area (Å²) in [5, 5.41) is 3.76. The summed E-state index contributed by atoms with van der Waals surface area (Å²) in [5.41, 5.74) is 0.530. The monoisotopic (exact) mass is 374 g/mol. The van der Waals surface area contributed by atoms with E-state index in [1.165, 1.54) is 12.8 Å². The second kappa shape index (κ2) is 7.33. The number of piperidine rings is 1. The zero-order valence-corrected chi connectivity index (χ0v) is 15.5. The first-order chi connectivity index (χ1) is 12.6. The van der Waals surface area contributed by atoms with Gasteiger partial charge in [-0.15, -0.1) is 0 Å². The number of fused-ring (bicyclic) bond motifs is 2. The third kappa shape index (κ3) is 3.46. The van der Waals surface area contributed by atoms with E-state index in [9.17, 15) is 4.79 Å². The third-order valence-electron chi connectivity index (χ3n) is 5.55. The second-order valence-electron chi connectivity index (χ2n) is 7.12. The van der Waals surface area contributed by atoms with Gasteiger partial charge in [0.05, 0.1) is 25.5 Å². The maximum atomic E-state index is 12.7. The molecule has 1 aromatic carbocycles. The van der Waals surface area contributed by atoms with Gasteiger partial charge in [-0.1, -0.05) is 11.6 Å². The molecule has 2 saturated heterocycles. The SMILES string of the molecule is COc1cc(Cl)ccc1C(=O)NC1C[C@H]2CC[C@@H](C1)N2Cc1ccco1. The normalized spacial score (nSPS) is 25.2. The lowest BCUT2D eigenvalue weighted by molar-refractivity contribution is 0.0804. The van der Waals surface area contributed by atoms with Crippen molar-refractivity contribution in [3.63, 3.8) is 0 Å². The highest BCUT2D eigenvalue weighted by Crippen LogP contribution is 2.37. The molecule has 3 heterocycles. The van der Waals surface area contributed by atoms with Gasteiger partial charge >= 0.3 is 0 Å². The van der Waals surface area contributed by atoms with Crippen LogP contribution in [0.3, 0.4) is 0 Å². The number of hydrogen-bond acceptors (Lipinski definition) is 4. The largest absolute Gasteiger partial charge is 0.496 e. The van der Waals surface area contributed by atoms with Crippen molar-refractivity contribution in [2.75, 3.05) is 7.11 Å². The molecular weight excluding hydrogens is 352 g/mol. The van der Waals surface area contributed by atoms with E-state index in [2.05, 4.69) is 10.2 Å². The first-order valence-corrected chi connectivity index (χ1v) is 9.44. The minimum absolute atomic E-state index is 0.0950. The molecule has 26 heavy (non-hydrogen) atoms. The molecule has 4 rings (SSSR count). The van der Waals surface area contributed by atoms with Gasteiger partial charge < -0.3 is 14.5 Å². The Labute approximate surface area is 158 Å². The van der Waals surface area contributed by atoms with Gasteiger partial charge in [0.25, 0.3) is 5.91 Å². The molecule has 6 heteroatoms. The highest BCUT2D eigenvalue weighted by molar-refractivity contribution is 6.30. The van der Waals surface area contributed by atoms with Gasteiger partial charge in [-0.25, -0.2) is 0 Å². The summed E-state index contributed by atoms with van der Waals surface area (Å²) >= 11 is 5.99. The number of rotatable bonds is 5. The number of hydrogen-bond donors (Lipinski definition) is 1. The maximum Gasteiger partial charge on any atom is 0.255 e. The smallest absolute Gasteiger partial charge is 0.255 e. The average molecular weight is 375 g/mol. The van der Waals surface area contributed by atoms with Crippen LogP contribution in [0, 0.1) is 0 Å². The van der Waals surface area contributed by atoms with Crippen LogP contribution in [-0.4, -0.2) is 36.0 Å². The molecule has 1 aromatic heterocycles. The van der Waals surface area contributed by atoms with Gasteiger partial charge in [-0.05, 0) is 56.0 Å². The summed E-state index contributed by atoms with van der Waals surface area (Å²) in [6.45, 7) is 0.855. The molecule has 138 valence electrons. The van der Waals surface area contributed by atoms with Crippen molar-refractivity contribution in [2.24, 2.45) is 0 Å². The molecule has 1 unspecified atom stereocenters. The van der Waals surface area contributed by atoms with Gasteiger partial charge in [0.1, 0.15) is 11.5 Å². The number of furan rings is 1. The Balaban J connectivity index is 1.41. The van der Waals surface area contributed by atoms with Crippen molar-refractivity contribution in [2.45, 2.75) is 50.4 Å². The molecule has 0 aliphatic carbocycles. The molecule has 0 saturated carbocycles. The van der Waals surface area contributed by atoms with E-state index in [1.54, 1.807) is 31.6 Å². The minimum Gasteiger partial charge on any atom is -0.496 e. The van der Waals surface area contributed by atoms with E-state index in [0.717, 1.165) is 25.1 Å². The molecule has 0 radical (unpaired) electrons. The number of carbonyl (C=O) groups is 1. The van der Waals surface area contributed by atoms with Crippen LogP contribution in [0.25, 0.3) is 0 Å². The van der Waals surface area contributed by atoms with Crippen molar-refractivity contribution in [1.82, 2.24) is 10.2 Å². The lowest BCUT2D eigenvalue weighted by Crippen LogP contribution is -2.49. The highest BCUT2D eigenvalue weighted by atomic mass is 35.5. The first kappa shape index (κ1) is 17.4. The summed E-state index contributed by atoms with van der Waals surface area (Å²) in [4.78, 5) is 15.2. The topological polar surface area (TPSA) is 54.7 Å². The van der Waals surface area contributed by atoms with Crippen molar-refractivity contribution >= 4 is 17.5 Å². The molecule has 3 atom stereocenters. The van der Waals surface area contributed by atoms with E-state index in [0.29, 0.717) is 28.4 Å². The molecular formula is C20H23ClN2O3. The number of halogens is 1. The Bertz CT molecular complexity index is 763. The number of nitrogens with one attached hydrogen (secondary N) is 1. The van der Waals surface area contributed by atoms with E-state index in [1.807, 2.05) is 12.1 Å². The number of nitrogens with zero attached hydrogens (tertiary/aromatic N) is 1. The Morgan fingerprint density at radius 2 is 2.08 bits per heavy atom. The molecule has 2 bridgehead atoms. The first-order valence-electron chi connectivity index (χ1n) is 9.06. The van der Waals surface area contributed by atoms with Crippen LogP contribution >= 0.6 is 11.6 Å². The quantitative estimate of drug-likeness (QED) is 0.863. The molecule has 2 fully saturated rings. The van der Waals surface area contributed by atoms with Gasteiger partial charge in [-0.3, -0.25) is 9.69 Å². The highest BCUT2D eigenvalue weighted by Gasteiger charge is 2.41. The standard InChI is InChI=1S/C20H23ClN2O3/c1-25-19-9-13(21)4-7-18(19)20(24)22-14-10-15-5-6-16(11-14)23(15)12-17-3-2-8-26-17/h2-4,7-9,14-16H,5-6,10-12H2,1H3,(H,22,24)/t14?,15-,16+. The van der Waals surface area contributed by atoms with Crippen LogP contribution in [-0.2, 0) is 6.54 Å². The van der Waals surface area contributed by atoms with Crippen molar-refractivity contribution in [1.29, 1.82) is 0 Å². The molecule has 2 aliphatic rings. The van der Waals surface area contributed by atoms with Crippen molar-refractivity contribution < 1.29 is 13.9 Å². The lowest BCUT2D eigenvalue weighted by Gasteiger charge is -2.38. The molecule has 5 nitrogen and oxygen atoms in total. The summed E-state index contributed by atoms with van der Waals surface area (Å²) in [6, 6.07) is 10.3. The number of methoxy groups -OCH3 is 1. The van der Waals surface area contributed by atoms with Gasteiger partial charge in [0.2, 0.25) is 0 Å².